The first-order valence-corrected chi connectivity index (χ1v) is 4.64. The maximum absolute atomic E-state index is 5.46. The molecule has 0 amide bonds. The third-order valence-electron chi connectivity index (χ3n) is 3.16. The van der Waals surface area contributed by atoms with E-state index in [1.165, 1.54) is 0 Å². The summed E-state index contributed by atoms with van der Waals surface area (Å²) in [6.45, 7) is 6.20. The normalized spacial score (nSPS) is 39.2. The molecule has 2 atom stereocenters. The van der Waals surface area contributed by atoms with E-state index in [0.29, 0.717) is 26.8 Å². The zero-order valence-electron chi connectivity index (χ0n) is 8.12. The summed E-state index contributed by atoms with van der Waals surface area (Å²) in [5.41, 5.74) is -0.115. The molecule has 76 valence electrons. The summed E-state index contributed by atoms with van der Waals surface area (Å²) in [6.07, 6.45) is 0.271. The molecule has 1 spiro atoms. The molecule has 4 heteroatoms. The van der Waals surface area contributed by atoms with E-state index in [4.69, 9.17) is 18.9 Å². The van der Waals surface area contributed by atoms with Crippen LogP contribution >= 0.6 is 0 Å². The van der Waals surface area contributed by atoms with Crippen LogP contribution in [0, 0.1) is 5.41 Å². The predicted octanol–water partition coefficient (Wildman–Crippen LogP) is 0.758. The van der Waals surface area contributed by atoms with E-state index in [9.17, 15) is 0 Å². The van der Waals surface area contributed by atoms with Gasteiger partial charge in [-0.05, 0) is 13.8 Å². The van der Waals surface area contributed by atoms with Gasteiger partial charge in [0.2, 0.25) is 0 Å². The van der Waals surface area contributed by atoms with Gasteiger partial charge in [-0.3, -0.25) is 0 Å². The Kier molecular flexibility index (Phi) is 2.55. The second kappa shape index (κ2) is 3.53. The molecule has 2 saturated heterocycles. The maximum atomic E-state index is 5.46. The third-order valence-corrected chi connectivity index (χ3v) is 3.16. The Morgan fingerprint density at radius 3 is 2.00 bits per heavy atom. The summed E-state index contributed by atoms with van der Waals surface area (Å²) in [6, 6.07) is 0. The molecule has 2 unspecified atom stereocenters. The molecule has 0 aromatic carbocycles. The molecular weight excluding hydrogens is 172 g/mol. The van der Waals surface area contributed by atoms with Crippen LogP contribution in [-0.2, 0) is 18.9 Å². The maximum Gasteiger partial charge on any atom is 0.147 e. The molecule has 2 aliphatic heterocycles. The van der Waals surface area contributed by atoms with E-state index in [1.807, 2.05) is 0 Å². The molecule has 0 aromatic heterocycles. The summed E-state index contributed by atoms with van der Waals surface area (Å²) in [4.78, 5) is 0. The fraction of sp³-hybridized carbons (Fsp3) is 1.00. The van der Waals surface area contributed by atoms with Gasteiger partial charge in [-0.15, -0.1) is 0 Å². The fourth-order valence-corrected chi connectivity index (χ4v) is 1.94. The summed E-state index contributed by atoms with van der Waals surface area (Å²) in [5.74, 6) is 0. The molecular formula is C9H16O4. The number of rotatable bonds is 0. The summed E-state index contributed by atoms with van der Waals surface area (Å²) < 4.78 is 21.6. The first-order chi connectivity index (χ1) is 6.26. The zero-order chi connectivity index (χ0) is 9.31. The van der Waals surface area contributed by atoms with Gasteiger partial charge in [0.05, 0.1) is 30.8 Å². The molecule has 13 heavy (non-hydrogen) atoms. The van der Waals surface area contributed by atoms with Crippen LogP contribution in [0.3, 0.4) is 0 Å². The van der Waals surface area contributed by atoms with Crippen molar-refractivity contribution in [3.8, 4) is 0 Å². The highest BCUT2D eigenvalue weighted by Crippen LogP contribution is 2.36. The SMILES string of the molecule is CC1OCOC(C)C12COCOC2. The van der Waals surface area contributed by atoms with Gasteiger partial charge in [0.25, 0.3) is 0 Å². The molecule has 0 radical (unpaired) electrons. The van der Waals surface area contributed by atoms with Crippen LogP contribution in [0.15, 0.2) is 0 Å². The van der Waals surface area contributed by atoms with Gasteiger partial charge in [0.1, 0.15) is 13.6 Å². The van der Waals surface area contributed by atoms with Crippen molar-refractivity contribution in [1.29, 1.82) is 0 Å². The third kappa shape index (κ3) is 1.48. The molecule has 2 rings (SSSR count). The van der Waals surface area contributed by atoms with Crippen molar-refractivity contribution in [2.75, 3.05) is 26.8 Å². The highest BCUT2D eigenvalue weighted by molar-refractivity contribution is 4.93. The molecule has 0 aliphatic carbocycles. The Balaban J connectivity index is 2.13. The Morgan fingerprint density at radius 2 is 1.46 bits per heavy atom. The second-order valence-corrected chi connectivity index (χ2v) is 3.78. The van der Waals surface area contributed by atoms with Crippen molar-refractivity contribution in [2.24, 2.45) is 5.41 Å². The number of hydrogen-bond acceptors (Lipinski definition) is 4. The topological polar surface area (TPSA) is 36.9 Å². The van der Waals surface area contributed by atoms with E-state index in [2.05, 4.69) is 13.8 Å². The summed E-state index contributed by atoms with van der Waals surface area (Å²) in [7, 11) is 0. The van der Waals surface area contributed by atoms with Crippen molar-refractivity contribution in [3.05, 3.63) is 0 Å². The van der Waals surface area contributed by atoms with Crippen LogP contribution in [0.5, 0.6) is 0 Å². The minimum Gasteiger partial charge on any atom is -0.355 e. The van der Waals surface area contributed by atoms with Gasteiger partial charge >= 0.3 is 0 Å². The Labute approximate surface area is 78.1 Å². The average molecular weight is 188 g/mol. The lowest BCUT2D eigenvalue weighted by Crippen LogP contribution is -2.57. The van der Waals surface area contributed by atoms with Gasteiger partial charge in [-0.1, -0.05) is 0 Å². The largest absolute Gasteiger partial charge is 0.355 e. The lowest BCUT2D eigenvalue weighted by Gasteiger charge is -2.47. The Bertz CT molecular complexity index is 164. The van der Waals surface area contributed by atoms with E-state index in [-0.39, 0.29) is 17.6 Å². The van der Waals surface area contributed by atoms with Crippen molar-refractivity contribution < 1.29 is 18.9 Å². The molecule has 0 N–H and O–H groups in total. The van der Waals surface area contributed by atoms with Gasteiger partial charge < -0.3 is 18.9 Å². The summed E-state index contributed by atoms with van der Waals surface area (Å²) >= 11 is 0. The first kappa shape index (κ1) is 9.40. The average Bonchev–Trinajstić information content (AvgIpc) is 2.16. The van der Waals surface area contributed by atoms with Crippen molar-refractivity contribution in [1.82, 2.24) is 0 Å². The monoisotopic (exact) mass is 188 g/mol. The second-order valence-electron chi connectivity index (χ2n) is 3.78. The lowest BCUT2D eigenvalue weighted by molar-refractivity contribution is -0.297. The summed E-state index contributed by atoms with van der Waals surface area (Å²) in [5, 5.41) is 0. The lowest BCUT2D eigenvalue weighted by atomic mass is 9.78. The van der Waals surface area contributed by atoms with Crippen molar-refractivity contribution >= 4 is 0 Å². The van der Waals surface area contributed by atoms with Crippen LogP contribution in [-0.4, -0.2) is 39.0 Å². The predicted molar refractivity (Wildman–Crippen MR) is 45.2 cm³/mol. The van der Waals surface area contributed by atoms with Gasteiger partial charge in [0.15, 0.2) is 0 Å². The fourth-order valence-electron chi connectivity index (χ4n) is 1.94. The van der Waals surface area contributed by atoms with E-state index in [1.54, 1.807) is 0 Å². The van der Waals surface area contributed by atoms with Crippen LogP contribution in [0.25, 0.3) is 0 Å². The van der Waals surface area contributed by atoms with Crippen LogP contribution in [0.1, 0.15) is 13.8 Å². The minimum atomic E-state index is -0.115. The van der Waals surface area contributed by atoms with Crippen LogP contribution in [0.2, 0.25) is 0 Å². The first-order valence-electron chi connectivity index (χ1n) is 4.64. The van der Waals surface area contributed by atoms with Crippen LogP contribution < -0.4 is 0 Å². The number of ether oxygens (including phenoxy) is 4. The Hall–Kier alpha value is -0.160. The molecule has 2 aliphatic rings. The van der Waals surface area contributed by atoms with E-state index < -0.39 is 0 Å². The standard InChI is InChI=1S/C9H16O4/c1-7-9(3-10-5-11-4-9)8(2)13-6-12-7/h7-8H,3-6H2,1-2H3. The molecule has 2 fully saturated rings. The highest BCUT2D eigenvalue weighted by atomic mass is 16.7. The van der Waals surface area contributed by atoms with E-state index in [0.717, 1.165) is 0 Å². The molecule has 4 nitrogen and oxygen atoms in total. The van der Waals surface area contributed by atoms with Crippen molar-refractivity contribution in [2.45, 2.75) is 26.1 Å². The quantitative estimate of drug-likeness (QED) is 0.562. The van der Waals surface area contributed by atoms with Crippen LogP contribution in [0.4, 0.5) is 0 Å². The van der Waals surface area contributed by atoms with E-state index >= 15 is 0 Å². The highest BCUT2D eigenvalue weighted by Gasteiger charge is 2.47. The minimum absolute atomic E-state index is 0.115. The van der Waals surface area contributed by atoms with Gasteiger partial charge in [-0.2, -0.15) is 0 Å². The number of hydrogen-bond donors (Lipinski definition) is 0. The molecule has 0 saturated carbocycles. The van der Waals surface area contributed by atoms with Gasteiger partial charge in [0, 0.05) is 0 Å². The smallest absolute Gasteiger partial charge is 0.147 e. The van der Waals surface area contributed by atoms with Crippen molar-refractivity contribution in [3.63, 3.8) is 0 Å². The molecule has 0 aromatic rings. The van der Waals surface area contributed by atoms with Gasteiger partial charge in [-0.25, -0.2) is 0 Å². The molecule has 0 bridgehead atoms. The zero-order valence-corrected chi connectivity index (χ0v) is 8.12. The molecule has 2 heterocycles. The Morgan fingerprint density at radius 1 is 0.923 bits per heavy atom.